The molecule has 0 bridgehead atoms. The third-order valence-corrected chi connectivity index (χ3v) is 3.78. The Morgan fingerprint density at radius 1 is 1.14 bits per heavy atom. The van der Waals surface area contributed by atoms with E-state index in [9.17, 15) is 8.78 Å². The number of halogens is 2. The van der Waals surface area contributed by atoms with E-state index in [-0.39, 0.29) is 12.3 Å². The molecule has 0 saturated carbocycles. The topological polar surface area (TPSA) is 38.7 Å². The third-order valence-electron chi connectivity index (χ3n) is 3.78. The van der Waals surface area contributed by atoms with Gasteiger partial charge in [-0.2, -0.15) is 0 Å². The maximum atomic E-state index is 14.2. The molecule has 0 atom stereocenters. The Bertz CT molecular complexity index is 447. The maximum Gasteiger partial charge on any atom is 0.149 e. The molecule has 0 radical (unpaired) electrons. The number of benzene rings is 1. The molecule has 1 fully saturated rings. The highest BCUT2D eigenvalue weighted by Crippen LogP contribution is 2.26. The molecule has 1 aliphatic heterocycles. The standard InChI is InChI=1S/C15H23F2N3O/c1-18-11-12-9-13(16)15(14(17)10-12)20-4-2-3-19(5-6-20)7-8-21/h9-10,18,21H,2-8,11H2,1H3. The third kappa shape index (κ3) is 4.12. The first-order valence-corrected chi connectivity index (χ1v) is 7.36. The monoisotopic (exact) mass is 299 g/mol. The molecule has 1 aliphatic rings. The fourth-order valence-corrected chi connectivity index (χ4v) is 2.79. The summed E-state index contributed by atoms with van der Waals surface area (Å²) in [5.74, 6) is -1.01. The molecule has 1 aromatic rings. The van der Waals surface area contributed by atoms with Gasteiger partial charge in [0.15, 0.2) is 0 Å². The van der Waals surface area contributed by atoms with Gasteiger partial charge in [-0.15, -0.1) is 0 Å². The van der Waals surface area contributed by atoms with Crippen LogP contribution in [0.2, 0.25) is 0 Å². The summed E-state index contributed by atoms with van der Waals surface area (Å²) in [7, 11) is 1.74. The van der Waals surface area contributed by atoms with Crippen LogP contribution in [0.3, 0.4) is 0 Å². The molecule has 2 rings (SSSR count). The minimum absolute atomic E-state index is 0.0701. The minimum atomic E-state index is -0.504. The summed E-state index contributed by atoms with van der Waals surface area (Å²) in [6.07, 6.45) is 0.831. The Kier molecular flexibility index (Phi) is 5.90. The Morgan fingerprint density at radius 3 is 2.48 bits per heavy atom. The van der Waals surface area contributed by atoms with Crippen LogP contribution in [0.5, 0.6) is 0 Å². The van der Waals surface area contributed by atoms with Gasteiger partial charge in [-0.05, 0) is 37.7 Å². The molecule has 0 aromatic heterocycles. The van der Waals surface area contributed by atoms with Gasteiger partial charge in [0.1, 0.15) is 17.3 Å². The lowest BCUT2D eigenvalue weighted by atomic mass is 10.1. The van der Waals surface area contributed by atoms with Gasteiger partial charge >= 0.3 is 0 Å². The highest BCUT2D eigenvalue weighted by atomic mass is 19.1. The van der Waals surface area contributed by atoms with Gasteiger partial charge in [-0.1, -0.05) is 0 Å². The Balaban J connectivity index is 2.14. The molecule has 0 unspecified atom stereocenters. The van der Waals surface area contributed by atoms with E-state index in [0.717, 1.165) is 13.0 Å². The van der Waals surface area contributed by atoms with Crippen molar-refractivity contribution in [2.75, 3.05) is 51.3 Å². The lowest BCUT2D eigenvalue weighted by molar-refractivity contribution is 0.204. The number of hydrogen-bond donors (Lipinski definition) is 2. The maximum absolute atomic E-state index is 14.2. The minimum Gasteiger partial charge on any atom is -0.395 e. The molecule has 6 heteroatoms. The van der Waals surface area contributed by atoms with Crippen LogP contribution in [0.1, 0.15) is 12.0 Å². The van der Waals surface area contributed by atoms with E-state index < -0.39 is 11.6 Å². The normalized spacial score (nSPS) is 17.0. The zero-order valence-corrected chi connectivity index (χ0v) is 12.4. The summed E-state index contributed by atoms with van der Waals surface area (Å²) in [5.41, 5.74) is 0.675. The van der Waals surface area contributed by atoms with E-state index >= 15 is 0 Å². The first-order valence-electron chi connectivity index (χ1n) is 7.36. The van der Waals surface area contributed by atoms with Crippen molar-refractivity contribution in [2.45, 2.75) is 13.0 Å². The predicted molar refractivity (Wildman–Crippen MR) is 79.5 cm³/mol. The second-order valence-corrected chi connectivity index (χ2v) is 5.34. The van der Waals surface area contributed by atoms with Crippen molar-refractivity contribution in [1.82, 2.24) is 10.2 Å². The van der Waals surface area contributed by atoms with Crippen molar-refractivity contribution >= 4 is 5.69 Å². The lowest BCUT2D eigenvalue weighted by Gasteiger charge is -2.24. The summed E-state index contributed by atoms with van der Waals surface area (Å²) >= 11 is 0. The molecule has 21 heavy (non-hydrogen) atoms. The zero-order valence-electron chi connectivity index (χ0n) is 12.4. The van der Waals surface area contributed by atoms with Crippen LogP contribution >= 0.6 is 0 Å². The first-order chi connectivity index (χ1) is 10.2. The van der Waals surface area contributed by atoms with E-state index in [1.807, 2.05) is 0 Å². The van der Waals surface area contributed by atoms with Crippen LogP contribution in [0, 0.1) is 11.6 Å². The number of nitrogens with zero attached hydrogens (tertiary/aromatic N) is 2. The van der Waals surface area contributed by atoms with Gasteiger partial charge in [-0.3, -0.25) is 4.90 Å². The number of hydrogen-bond acceptors (Lipinski definition) is 4. The van der Waals surface area contributed by atoms with E-state index in [4.69, 9.17) is 5.11 Å². The largest absolute Gasteiger partial charge is 0.395 e. The van der Waals surface area contributed by atoms with Gasteiger partial charge in [0.25, 0.3) is 0 Å². The second kappa shape index (κ2) is 7.68. The zero-order chi connectivity index (χ0) is 15.2. The highest BCUT2D eigenvalue weighted by molar-refractivity contribution is 5.51. The van der Waals surface area contributed by atoms with Gasteiger partial charge < -0.3 is 15.3 Å². The summed E-state index contributed by atoms with van der Waals surface area (Å²) in [6, 6.07) is 2.79. The van der Waals surface area contributed by atoms with Gasteiger partial charge in [0.05, 0.1) is 6.61 Å². The number of β-amino-alcohol motifs (C(OH)–C–C–N with tert-alkyl or cyclic N) is 1. The van der Waals surface area contributed by atoms with Crippen molar-refractivity contribution in [3.05, 3.63) is 29.3 Å². The Morgan fingerprint density at radius 2 is 1.86 bits per heavy atom. The summed E-state index contributed by atoms with van der Waals surface area (Å²) in [4.78, 5) is 3.89. The quantitative estimate of drug-likeness (QED) is 0.857. The predicted octanol–water partition coefficient (Wildman–Crippen LogP) is 1.19. The molecular formula is C15H23F2N3O. The number of nitrogens with one attached hydrogen (secondary N) is 1. The highest BCUT2D eigenvalue weighted by Gasteiger charge is 2.21. The van der Waals surface area contributed by atoms with Crippen LogP contribution in [0.25, 0.3) is 0 Å². The van der Waals surface area contributed by atoms with Crippen molar-refractivity contribution in [3.63, 3.8) is 0 Å². The Hall–Kier alpha value is -1.24. The fraction of sp³-hybridized carbons (Fsp3) is 0.600. The molecule has 1 saturated heterocycles. The molecular weight excluding hydrogens is 276 g/mol. The van der Waals surface area contributed by atoms with Crippen molar-refractivity contribution < 1.29 is 13.9 Å². The second-order valence-electron chi connectivity index (χ2n) is 5.34. The lowest BCUT2D eigenvalue weighted by Crippen LogP contribution is -2.33. The summed E-state index contributed by atoms with van der Waals surface area (Å²) in [6.45, 7) is 3.91. The number of aliphatic hydroxyl groups is 1. The summed E-state index contributed by atoms with van der Waals surface area (Å²) in [5, 5.41) is 11.9. The van der Waals surface area contributed by atoms with Crippen molar-refractivity contribution in [1.29, 1.82) is 0 Å². The Labute approximate surface area is 124 Å². The van der Waals surface area contributed by atoms with Crippen molar-refractivity contribution in [3.8, 4) is 0 Å². The molecule has 4 nitrogen and oxygen atoms in total. The van der Waals surface area contributed by atoms with E-state index in [1.165, 1.54) is 12.1 Å². The molecule has 118 valence electrons. The number of anilines is 1. The SMILES string of the molecule is CNCc1cc(F)c(N2CCCN(CCO)CC2)c(F)c1. The van der Waals surface area contributed by atoms with E-state index in [2.05, 4.69) is 10.2 Å². The van der Waals surface area contributed by atoms with Crippen LogP contribution in [0.15, 0.2) is 12.1 Å². The van der Waals surface area contributed by atoms with E-state index in [1.54, 1.807) is 11.9 Å². The van der Waals surface area contributed by atoms with Gasteiger partial charge in [0, 0.05) is 32.7 Å². The fourth-order valence-electron chi connectivity index (χ4n) is 2.79. The number of rotatable bonds is 5. The summed E-state index contributed by atoms with van der Waals surface area (Å²) < 4.78 is 28.5. The van der Waals surface area contributed by atoms with Crippen LogP contribution < -0.4 is 10.2 Å². The van der Waals surface area contributed by atoms with Crippen LogP contribution in [-0.2, 0) is 6.54 Å². The average molecular weight is 299 g/mol. The van der Waals surface area contributed by atoms with Gasteiger partial charge in [0.2, 0.25) is 0 Å². The average Bonchev–Trinajstić information content (AvgIpc) is 2.65. The molecule has 0 spiro atoms. The van der Waals surface area contributed by atoms with Crippen LogP contribution in [-0.4, -0.2) is 56.4 Å². The molecule has 1 aromatic carbocycles. The molecule has 0 aliphatic carbocycles. The van der Waals surface area contributed by atoms with Crippen molar-refractivity contribution in [2.24, 2.45) is 0 Å². The van der Waals surface area contributed by atoms with Crippen LogP contribution in [0.4, 0.5) is 14.5 Å². The smallest absolute Gasteiger partial charge is 0.149 e. The molecule has 1 heterocycles. The molecule has 0 amide bonds. The first kappa shape index (κ1) is 16.1. The molecule has 2 N–H and O–H groups in total. The van der Waals surface area contributed by atoms with Gasteiger partial charge in [-0.25, -0.2) is 8.78 Å². The number of aliphatic hydroxyl groups excluding tert-OH is 1. The van der Waals surface area contributed by atoms with E-state index in [0.29, 0.717) is 38.3 Å².